The molecule has 0 aliphatic rings. The van der Waals surface area contributed by atoms with Gasteiger partial charge in [0, 0.05) is 0 Å². The molecule has 9 N–H and O–H groups in total. The monoisotopic (exact) mass is 601 g/mol. The SMILES string of the molecule is C.CC.CC.CC.CC.CC.CC.CCCCc1ccc(C)cc1.CCN.CCN.Cc1ccc(CCCN)cc1.N. The molecule has 0 atom stereocenters. The van der Waals surface area contributed by atoms with Crippen LogP contribution in [0.15, 0.2) is 48.5 Å². The molecule has 0 aliphatic carbocycles. The summed E-state index contributed by atoms with van der Waals surface area (Å²) in [6.45, 7) is 36.6. The number of hydrogen-bond acceptors (Lipinski definition) is 4. The van der Waals surface area contributed by atoms with Crippen molar-refractivity contribution in [2.75, 3.05) is 19.6 Å². The molecule has 0 saturated carbocycles. The molecule has 2 aromatic carbocycles. The lowest BCUT2D eigenvalue weighted by Crippen LogP contribution is -2.00. The second-order valence-electron chi connectivity index (χ2n) is 6.78. The molecule has 0 aromatic heterocycles. The summed E-state index contributed by atoms with van der Waals surface area (Å²) in [6, 6.07) is 17.5. The van der Waals surface area contributed by atoms with Gasteiger partial charge in [0.1, 0.15) is 0 Å². The minimum atomic E-state index is 0. The average Bonchev–Trinajstić information content (AvgIpc) is 3.04. The van der Waals surface area contributed by atoms with Crippen LogP contribution in [0, 0.1) is 13.8 Å². The van der Waals surface area contributed by atoms with E-state index in [-0.39, 0.29) is 13.6 Å². The van der Waals surface area contributed by atoms with Gasteiger partial charge in [0.25, 0.3) is 0 Å². The van der Waals surface area contributed by atoms with Crippen molar-refractivity contribution in [1.82, 2.24) is 6.15 Å². The maximum absolute atomic E-state index is 5.41. The first-order valence-electron chi connectivity index (χ1n) is 16.7. The first-order chi connectivity index (χ1) is 19.5. The molecule has 0 fully saturated rings. The van der Waals surface area contributed by atoms with E-state index in [1.807, 2.05) is 96.9 Å². The van der Waals surface area contributed by atoms with Crippen LogP contribution in [-0.4, -0.2) is 19.6 Å². The lowest BCUT2D eigenvalue weighted by atomic mass is 10.1. The van der Waals surface area contributed by atoms with Crippen LogP contribution >= 0.6 is 0 Å². The Labute approximate surface area is 270 Å². The number of hydrogen-bond donors (Lipinski definition) is 4. The van der Waals surface area contributed by atoms with E-state index in [2.05, 4.69) is 69.3 Å². The smallest absolute Gasteiger partial charge is 0.00741 e. The second-order valence-corrected chi connectivity index (χ2v) is 6.78. The van der Waals surface area contributed by atoms with Crippen molar-refractivity contribution in [1.29, 1.82) is 0 Å². The van der Waals surface area contributed by atoms with Gasteiger partial charge in [0.2, 0.25) is 0 Å². The van der Waals surface area contributed by atoms with Crippen LogP contribution in [0.25, 0.3) is 0 Å². The second kappa shape index (κ2) is 83.3. The Hall–Kier alpha value is -1.72. The van der Waals surface area contributed by atoms with Gasteiger partial charge in [0.15, 0.2) is 0 Å². The molecule has 0 unspecified atom stereocenters. The Kier molecular flexibility index (Phi) is 135. The zero-order valence-corrected chi connectivity index (χ0v) is 31.7. The summed E-state index contributed by atoms with van der Waals surface area (Å²) in [5, 5.41) is 0. The molecule has 0 heterocycles. The summed E-state index contributed by atoms with van der Waals surface area (Å²) in [4.78, 5) is 0. The van der Waals surface area contributed by atoms with Crippen molar-refractivity contribution in [2.24, 2.45) is 17.2 Å². The van der Waals surface area contributed by atoms with E-state index in [9.17, 15) is 0 Å². The minimum absolute atomic E-state index is 0. The Balaban J connectivity index is -0.0000000385. The molecule has 0 radical (unpaired) electrons. The molecule has 4 nitrogen and oxygen atoms in total. The zero-order chi connectivity index (χ0) is 33.6. The highest BCUT2D eigenvalue weighted by Gasteiger charge is 1.91. The van der Waals surface area contributed by atoms with Gasteiger partial charge in [-0.2, -0.15) is 0 Å². The fraction of sp³-hybridized carbons (Fsp3) is 0.684. The van der Waals surface area contributed by atoms with E-state index in [1.165, 1.54) is 41.5 Å². The predicted octanol–water partition coefficient (Wildman–Crippen LogP) is 12.1. The average molecular weight is 601 g/mol. The Morgan fingerprint density at radius 2 is 0.667 bits per heavy atom. The summed E-state index contributed by atoms with van der Waals surface area (Å²) < 4.78 is 0. The van der Waals surface area contributed by atoms with Gasteiger partial charge in [-0.05, 0) is 70.3 Å². The van der Waals surface area contributed by atoms with E-state index in [0.29, 0.717) is 0 Å². The Morgan fingerprint density at radius 3 is 0.857 bits per heavy atom. The molecule has 0 aliphatic heterocycles. The highest BCUT2D eigenvalue weighted by molar-refractivity contribution is 5.22. The van der Waals surface area contributed by atoms with Crippen molar-refractivity contribution in [2.45, 2.75) is 157 Å². The minimum Gasteiger partial charge on any atom is -0.344 e. The number of nitrogens with two attached hydrogens (primary N) is 3. The van der Waals surface area contributed by atoms with Crippen molar-refractivity contribution in [3.63, 3.8) is 0 Å². The first-order valence-corrected chi connectivity index (χ1v) is 16.7. The van der Waals surface area contributed by atoms with E-state index in [1.54, 1.807) is 0 Å². The highest BCUT2D eigenvalue weighted by Crippen LogP contribution is 2.06. The molecule has 4 heteroatoms. The third kappa shape index (κ3) is 77.0. The van der Waals surface area contributed by atoms with Gasteiger partial charge in [-0.15, -0.1) is 0 Å². The molecule has 260 valence electrons. The third-order valence-corrected chi connectivity index (χ3v) is 3.73. The predicted molar refractivity (Wildman–Crippen MR) is 208 cm³/mol. The topological polar surface area (TPSA) is 113 Å². The van der Waals surface area contributed by atoms with E-state index in [4.69, 9.17) is 17.2 Å². The summed E-state index contributed by atoms with van der Waals surface area (Å²) in [6.07, 6.45) is 6.02. The Bertz CT molecular complexity index is 487. The summed E-state index contributed by atoms with van der Waals surface area (Å²) in [5.74, 6) is 0. The number of unbranched alkanes of at least 4 members (excludes halogenated alkanes) is 1. The molecule has 2 aromatic rings. The van der Waals surface area contributed by atoms with Gasteiger partial charge in [-0.1, -0.05) is 177 Å². The van der Waals surface area contributed by atoms with Crippen LogP contribution < -0.4 is 23.4 Å². The number of aryl methyl sites for hydroxylation is 4. The summed E-state index contributed by atoms with van der Waals surface area (Å²) in [7, 11) is 0. The fourth-order valence-electron chi connectivity index (χ4n) is 2.20. The first kappa shape index (κ1) is 67.8. The van der Waals surface area contributed by atoms with Crippen LogP contribution in [0.2, 0.25) is 0 Å². The lowest BCUT2D eigenvalue weighted by Gasteiger charge is -1.99. The van der Waals surface area contributed by atoms with Crippen molar-refractivity contribution in [3.05, 3.63) is 70.8 Å². The van der Waals surface area contributed by atoms with Crippen LogP contribution in [0.3, 0.4) is 0 Å². The number of rotatable bonds is 6. The van der Waals surface area contributed by atoms with Crippen molar-refractivity contribution in [3.8, 4) is 0 Å². The molecule has 0 bridgehead atoms. The molecule has 2 rings (SSSR count). The molecule has 0 spiro atoms. The van der Waals surface area contributed by atoms with Gasteiger partial charge < -0.3 is 23.4 Å². The normalized spacial score (nSPS) is 6.95. The van der Waals surface area contributed by atoms with Crippen molar-refractivity contribution < 1.29 is 0 Å². The fourth-order valence-corrected chi connectivity index (χ4v) is 2.20. The summed E-state index contributed by atoms with van der Waals surface area (Å²) >= 11 is 0. The van der Waals surface area contributed by atoms with Crippen LogP contribution in [-0.2, 0) is 12.8 Å². The van der Waals surface area contributed by atoms with Gasteiger partial charge >= 0.3 is 0 Å². The van der Waals surface area contributed by atoms with Gasteiger partial charge in [-0.25, -0.2) is 0 Å². The highest BCUT2D eigenvalue weighted by atomic mass is 14.5. The molecule has 0 amide bonds. The maximum Gasteiger partial charge on any atom is -0.00741 e. The number of benzene rings is 2. The molecular weight excluding hydrogens is 512 g/mol. The van der Waals surface area contributed by atoms with Crippen LogP contribution in [0.1, 0.15) is 153 Å². The van der Waals surface area contributed by atoms with E-state index < -0.39 is 0 Å². The van der Waals surface area contributed by atoms with Crippen LogP contribution in [0.4, 0.5) is 0 Å². The molecular formula is C38H88N4. The summed E-state index contributed by atoms with van der Waals surface area (Å²) in [5.41, 5.74) is 20.6. The third-order valence-electron chi connectivity index (χ3n) is 3.73. The van der Waals surface area contributed by atoms with Gasteiger partial charge in [0.05, 0.1) is 0 Å². The van der Waals surface area contributed by atoms with Gasteiger partial charge in [-0.3, -0.25) is 0 Å². The van der Waals surface area contributed by atoms with Crippen LogP contribution in [0.5, 0.6) is 0 Å². The van der Waals surface area contributed by atoms with E-state index >= 15 is 0 Å². The molecule has 42 heavy (non-hydrogen) atoms. The lowest BCUT2D eigenvalue weighted by molar-refractivity contribution is 0.795. The Morgan fingerprint density at radius 1 is 0.452 bits per heavy atom. The largest absolute Gasteiger partial charge is 0.344 e. The molecule has 0 saturated heterocycles. The standard InChI is InChI=1S/C11H16.C10H15N.2C2H7N.6C2H6.CH4.H3N/c1-3-4-5-11-8-6-10(2)7-9-11;1-9-4-6-10(7-5-9)3-2-8-11;2*1-2-3;6*1-2;;/h6-9H,3-5H2,1-2H3;4-7H,2-3,8,11H2,1H3;2*2-3H2,1H3;6*1-2H3;1H4;1H3. The van der Waals surface area contributed by atoms with Crippen molar-refractivity contribution >= 4 is 0 Å². The zero-order valence-electron chi connectivity index (χ0n) is 31.7. The maximum atomic E-state index is 5.41. The quantitative estimate of drug-likeness (QED) is 0.264. The van der Waals surface area contributed by atoms with E-state index in [0.717, 1.165) is 32.5 Å².